The van der Waals surface area contributed by atoms with E-state index in [4.69, 9.17) is 4.74 Å². The lowest BCUT2D eigenvalue weighted by atomic mass is 9.98. The number of ether oxygens (including phenoxy) is 1. The molecule has 2 aliphatic rings. The maximum absolute atomic E-state index is 12.5. The first-order valence-corrected chi connectivity index (χ1v) is 8.67. The van der Waals surface area contributed by atoms with Crippen molar-refractivity contribution in [3.63, 3.8) is 0 Å². The van der Waals surface area contributed by atoms with Crippen molar-refractivity contribution in [2.24, 2.45) is 0 Å². The molecule has 1 saturated heterocycles. The molecule has 0 aliphatic carbocycles. The Labute approximate surface area is 136 Å². The lowest BCUT2D eigenvalue weighted by Gasteiger charge is -2.24. The van der Waals surface area contributed by atoms with Crippen LogP contribution in [0.15, 0.2) is 29.1 Å². The molecule has 0 saturated carbocycles. The molecule has 1 atom stereocenters. The minimum absolute atomic E-state index is 0.144. The average molecular weight is 312 g/mol. The highest BCUT2D eigenvalue weighted by atomic mass is 16.5. The predicted molar refractivity (Wildman–Crippen MR) is 91.8 cm³/mol. The van der Waals surface area contributed by atoms with Crippen LogP contribution in [0.4, 0.5) is 0 Å². The zero-order valence-corrected chi connectivity index (χ0v) is 13.8. The summed E-state index contributed by atoms with van der Waals surface area (Å²) in [6.07, 6.45) is 4.80. The fourth-order valence-corrected chi connectivity index (χ4v) is 4.06. The van der Waals surface area contributed by atoms with Crippen molar-refractivity contribution < 1.29 is 4.74 Å². The van der Waals surface area contributed by atoms with Gasteiger partial charge in [-0.2, -0.15) is 0 Å². The van der Waals surface area contributed by atoms with Crippen molar-refractivity contribution in [1.82, 2.24) is 9.47 Å². The fraction of sp³-hybridized carbons (Fsp3) is 0.526. The predicted octanol–water partition coefficient (Wildman–Crippen LogP) is 2.56. The van der Waals surface area contributed by atoms with Crippen LogP contribution >= 0.6 is 0 Å². The number of hydrogen-bond acceptors (Lipinski definition) is 3. The molecule has 0 radical (unpaired) electrons. The third kappa shape index (κ3) is 2.81. The van der Waals surface area contributed by atoms with Crippen LogP contribution in [0.5, 0.6) is 0 Å². The normalized spacial score (nSPS) is 20.5. The van der Waals surface area contributed by atoms with E-state index in [1.165, 1.54) is 17.4 Å². The Bertz CT molecular complexity index is 775. The Balaban J connectivity index is 1.67. The molecule has 4 rings (SSSR count). The van der Waals surface area contributed by atoms with Crippen LogP contribution in [0, 0.1) is 0 Å². The summed E-state index contributed by atoms with van der Waals surface area (Å²) in [5, 5.41) is 1.24. The summed E-state index contributed by atoms with van der Waals surface area (Å²) in [4.78, 5) is 14.8. The van der Waals surface area contributed by atoms with Gasteiger partial charge in [-0.3, -0.25) is 9.69 Å². The van der Waals surface area contributed by atoms with Gasteiger partial charge in [-0.25, -0.2) is 0 Å². The van der Waals surface area contributed by atoms with E-state index in [2.05, 4.69) is 30.1 Å². The first-order valence-electron chi connectivity index (χ1n) is 8.67. The summed E-state index contributed by atoms with van der Waals surface area (Å²) in [5.41, 5.74) is 3.76. The van der Waals surface area contributed by atoms with E-state index in [0.29, 0.717) is 6.10 Å². The third-order valence-corrected chi connectivity index (χ3v) is 5.11. The van der Waals surface area contributed by atoms with Crippen LogP contribution in [0.2, 0.25) is 0 Å². The monoisotopic (exact) mass is 312 g/mol. The Morgan fingerprint density at radius 1 is 1.35 bits per heavy atom. The highest BCUT2D eigenvalue weighted by Crippen LogP contribution is 2.26. The van der Waals surface area contributed by atoms with E-state index in [0.717, 1.165) is 56.6 Å². The van der Waals surface area contributed by atoms with Crippen LogP contribution in [0.25, 0.3) is 10.9 Å². The second-order valence-electron chi connectivity index (χ2n) is 6.91. The number of aromatic nitrogens is 1. The van der Waals surface area contributed by atoms with Crippen LogP contribution in [-0.4, -0.2) is 35.8 Å². The van der Waals surface area contributed by atoms with E-state index in [-0.39, 0.29) is 5.56 Å². The minimum Gasteiger partial charge on any atom is -0.377 e. The number of benzene rings is 1. The van der Waals surface area contributed by atoms with Crippen LogP contribution in [0.3, 0.4) is 0 Å². The van der Waals surface area contributed by atoms with Crippen LogP contribution < -0.4 is 5.56 Å². The molecule has 122 valence electrons. The summed E-state index contributed by atoms with van der Waals surface area (Å²) in [6.45, 7) is 3.47. The molecule has 1 fully saturated rings. The molecule has 1 aromatic carbocycles. The van der Waals surface area contributed by atoms with E-state index < -0.39 is 0 Å². The fourth-order valence-electron chi connectivity index (χ4n) is 4.06. The summed E-state index contributed by atoms with van der Waals surface area (Å²) >= 11 is 0. The highest BCUT2D eigenvalue weighted by Gasteiger charge is 2.20. The number of nitrogens with zero attached hydrogens (tertiary/aromatic N) is 2. The Hall–Kier alpha value is -1.65. The lowest BCUT2D eigenvalue weighted by molar-refractivity contribution is 0.0794. The second-order valence-corrected chi connectivity index (χ2v) is 6.91. The van der Waals surface area contributed by atoms with Gasteiger partial charge in [0.1, 0.15) is 0 Å². The second kappa shape index (κ2) is 6.10. The Morgan fingerprint density at radius 3 is 3.09 bits per heavy atom. The van der Waals surface area contributed by atoms with Crippen molar-refractivity contribution >= 4 is 10.9 Å². The van der Waals surface area contributed by atoms with Gasteiger partial charge in [0.2, 0.25) is 0 Å². The molecule has 0 spiro atoms. The average Bonchev–Trinajstić information content (AvgIpc) is 3.05. The zero-order valence-electron chi connectivity index (χ0n) is 13.8. The Morgan fingerprint density at radius 2 is 2.26 bits per heavy atom. The van der Waals surface area contributed by atoms with Gasteiger partial charge < -0.3 is 9.30 Å². The largest absolute Gasteiger partial charge is 0.377 e. The topological polar surface area (TPSA) is 34.5 Å². The molecule has 2 aliphatic heterocycles. The summed E-state index contributed by atoms with van der Waals surface area (Å²) < 4.78 is 7.69. The molecule has 0 N–H and O–H groups in total. The number of rotatable bonds is 4. The molecule has 3 heterocycles. The van der Waals surface area contributed by atoms with Crippen LogP contribution in [-0.2, 0) is 24.2 Å². The standard InChI is InChI=1S/C19H24N2O2/c1-20(13-16-7-4-10-23-16)12-15-11-18(22)21-9-3-6-14-5-2-8-17(15)19(14)21/h2,5,8,11,16H,3-4,6-7,9-10,12-13H2,1H3/t16-/m0/s1. The van der Waals surface area contributed by atoms with Crippen LogP contribution in [0.1, 0.15) is 30.4 Å². The number of para-hydroxylation sites is 1. The van der Waals surface area contributed by atoms with Gasteiger partial charge in [0.15, 0.2) is 0 Å². The van der Waals surface area contributed by atoms with Crippen molar-refractivity contribution in [2.45, 2.75) is 44.9 Å². The molecule has 4 nitrogen and oxygen atoms in total. The number of hydrogen-bond donors (Lipinski definition) is 0. The van der Waals surface area contributed by atoms with E-state index in [9.17, 15) is 4.79 Å². The molecule has 4 heteroatoms. The van der Waals surface area contributed by atoms with Gasteiger partial charge in [0.05, 0.1) is 11.6 Å². The first kappa shape index (κ1) is 14.9. The molecule has 2 aromatic rings. The van der Waals surface area contributed by atoms with E-state index in [1.54, 1.807) is 0 Å². The molecule has 1 aromatic heterocycles. The Kier molecular flexibility index (Phi) is 3.95. The maximum Gasteiger partial charge on any atom is 0.251 e. The SMILES string of the molecule is CN(Cc1cc(=O)n2c3c(cccc13)CCC2)C[C@@H]1CCCO1. The van der Waals surface area contributed by atoms with Crippen molar-refractivity contribution in [1.29, 1.82) is 0 Å². The van der Waals surface area contributed by atoms with E-state index in [1.807, 2.05) is 10.6 Å². The molecular weight excluding hydrogens is 288 g/mol. The number of pyridine rings is 1. The molecule has 0 unspecified atom stereocenters. The van der Waals surface area contributed by atoms with E-state index >= 15 is 0 Å². The summed E-state index contributed by atoms with van der Waals surface area (Å²) in [6, 6.07) is 8.29. The number of aryl methyl sites for hydroxylation is 2. The molecule has 0 amide bonds. The van der Waals surface area contributed by atoms with Crippen molar-refractivity contribution in [3.05, 3.63) is 45.7 Å². The summed E-state index contributed by atoms with van der Waals surface area (Å²) in [5.74, 6) is 0. The van der Waals surface area contributed by atoms with Gasteiger partial charge in [-0.1, -0.05) is 18.2 Å². The first-order chi connectivity index (χ1) is 11.2. The molecular formula is C19H24N2O2. The lowest BCUT2D eigenvalue weighted by Crippen LogP contribution is -2.30. The van der Waals surface area contributed by atoms with Crippen molar-refractivity contribution in [3.8, 4) is 0 Å². The molecule has 0 bridgehead atoms. The van der Waals surface area contributed by atoms with Crippen molar-refractivity contribution in [2.75, 3.05) is 20.2 Å². The quantitative estimate of drug-likeness (QED) is 0.870. The van der Waals surface area contributed by atoms with Gasteiger partial charge in [-0.15, -0.1) is 0 Å². The highest BCUT2D eigenvalue weighted by molar-refractivity contribution is 5.86. The smallest absolute Gasteiger partial charge is 0.251 e. The van der Waals surface area contributed by atoms with Gasteiger partial charge in [-0.05, 0) is 43.9 Å². The number of likely N-dealkylation sites (N-methyl/N-ethyl adjacent to an activating group) is 1. The zero-order chi connectivity index (χ0) is 15.8. The minimum atomic E-state index is 0.144. The van der Waals surface area contributed by atoms with Gasteiger partial charge >= 0.3 is 0 Å². The van der Waals surface area contributed by atoms with Gasteiger partial charge in [0, 0.05) is 37.7 Å². The summed E-state index contributed by atoms with van der Waals surface area (Å²) in [7, 11) is 2.12. The maximum atomic E-state index is 12.5. The third-order valence-electron chi connectivity index (χ3n) is 5.11. The molecule has 23 heavy (non-hydrogen) atoms. The van der Waals surface area contributed by atoms with Gasteiger partial charge in [0.25, 0.3) is 5.56 Å².